The second-order valence-corrected chi connectivity index (χ2v) is 5.47. The van der Waals surface area contributed by atoms with Crippen LogP contribution in [0.25, 0.3) is 0 Å². The standard InChI is InChI=1S/C14H19N3O4/c1-9-4-5-10(2)16(8-9)13-12(17(19)20)7-6-11(15-13)14(18)21-3/h6-7,9-10H,4-5,8H2,1-3H3. The van der Waals surface area contributed by atoms with Gasteiger partial charge in [0.1, 0.15) is 0 Å². The molecule has 0 aromatic carbocycles. The zero-order chi connectivity index (χ0) is 15.6. The number of carbonyl (C=O) groups excluding carboxylic acids is 1. The Bertz CT molecular complexity index is 561. The van der Waals surface area contributed by atoms with Crippen LogP contribution in [0, 0.1) is 16.0 Å². The molecule has 2 unspecified atom stereocenters. The molecular formula is C14H19N3O4. The molecule has 0 spiro atoms. The fraction of sp³-hybridized carbons (Fsp3) is 0.571. The predicted octanol–water partition coefficient (Wildman–Crippen LogP) is 2.40. The van der Waals surface area contributed by atoms with E-state index in [9.17, 15) is 14.9 Å². The van der Waals surface area contributed by atoms with E-state index >= 15 is 0 Å². The molecule has 21 heavy (non-hydrogen) atoms. The highest BCUT2D eigenvalue weighted by Gasteiger charge is 2.30. The minimum Gasteiger partial charge on any atom is -0.464 e. The molecular weight excluding hydrogens is 274 g/mol. The van der Waals surface area contributed by atoms with E-state index in [4.69, 9.17) is 0 Å². The molecule has 0 amide bonds. The van der Waals surface area contributed by atoms with Gasteiger partial charge in [-0.3, -0.25) is 10.1 Å². The number of nitrogens with zero attached hydrogens (tertiary/aromatic N) is 3. The van der Waals surface area contributed by atoms with Gasteiger partial charge < -0.3 is 9.64 Å². The molecule has 1 fully saturated rings. The number of pyridine rings is 1. The SMILES string of the molecule is COC(=O)c1ccc([N+](=O)[O-])c(N2CC(C)CCC2C)n1. The molecule has 2 heterocycles. The number of carbonyl (C=O) groups is 1. The highest BCUT2D eigenvalue weighted by molar-refractivity contribution is 5.88. The summed E-state index contributed by atoms with van der Waals surface area (Å²) in [5.41, 5.74) is 0.00660. The molecule has 1 aliphatic rings. The average molecular weight is 293 g/mol. The van der Waals surface area contributed by atoms with Gasteiger partial charge in [-0.2, -0.15) is 0 Å². The number of piperidine rings is 1. The summed E-state index contributed by atoms with van der Waals surface area (Å²) in [6.45, 7) is 4.82. The fourth-order valence-corrected chi connectivity index (χ4v) is 2.60. The zero-order valence-electron chi connectivity index (χ0n) is 12.4. The van der Waals surface area contributed by atoms with Crippen molar-refractivity contribution in [2.75, 3.05) is 18.6 Å². The van der Waals surface area contributed by atoms with Gasteiger partial charge in [0.25, 0.3) is 0 Å². The summed E-state index contributed by atoms with van der Waals surface area (Å²) in [6, 6.07) is 2.80. The van der Waals surface area contributed by atoms with Gasteiger partial charge in [0.05, 0.1) is 12.0 Å². The molecule has 2 atom stereocenters. The molecule has 1 aromatic rings. The van der Waals surface area contributed by atoms with Gasteiger partial charge in [-0.05, 0) is 31.7 Å². The first kappa shape index (κ1) is 15.2. The molecule has 7 heteroatoms. The average Bonchev–Trinajstić information content (AvgIpc) is 2.48. The van der Waals surface area contributed by atoms with Crippen molar-refractivity contribution in [1.29, 1.82) is 0 Å². The second kappa shape index (κ2) is 6.07. The lowest BCUT2D eigenvalue weighted by atomic mass is 9.95. The maximum Gasteiger partial charge on any atom is 0.356 e. The van der Waals surface area contributed by atoms with Gasteiger partial charge in [-0.15, -0.1) is 0 Å². The van der Waals surface area contributed by atoms with Gasteiger partial charge in [0, 0.05) is 18.7 Å². The van der Waals surface area contributed by atoms with Crippen molar-refractivity contribution in [3.8, 4) is 0 Å². The van der Waals surface area contributed by atoms with Crippen LogP contribution in [0.1, 0.15) is 37.2 Å². The lowest BCUT2D eigenvalue weighted by molar-refractivity contribution is -0.384. The van der Waals surface area contributed by atoms with Crippen molar-refractivity contribution in [3.05, 3.63) is 27.9 Å². The Labute approximate surface area is 123 Å². The van der Waals surface area contributed by atoms with E-state index in [-0.39, 0.29) is 23.2 Å². The fourth-order valence-electron chi connectivity index (χ4n) is 2.60. The zero-order valence-corrected chi connectivity index (χ0v) is 12.4. The largest absolute Gasteiger partial charge is 0.464 e. The van der Waals surface area contributed by atoms with Crippen LogP contribution in [0.5, 0.6) is 0 Å². The Hall–Kier alpha value is -2.18. The number of hydrogen-bond donors (Lipinski definition) is 0. The first-order valence-corrected chi connectivity index (χ1v) is 6.94. The first-order valence-electron chi connectivity index (χ1n) is 6.94. The lowest BCUT2D eigenvalue weighted by Crippen LogP contribution is -2.42. The van der Waals surface area contributed by atoms with Crippen LogP contribution in [0.3, 0.4) is 0 Å². The number of rotatable bonds is 3. The monoisotopic (exact) mass is 293 g/mol. The minimum atomic E-state index is -0.594. The number of esters is 1. The highest BCUT2D eigenvalue weighted by Crippen LogP contribution is 2.32. The Balaban J connectivity index is 2.47. The molecule has 0 radical (unpaired) electrons. The van der Waals surface area contributed by atoms with Crippen LogP contribution < -0.4 is 4.90 Å². The number of methoxy groups -OCH3 is 1. The van der Waals surface area contributed by atoms with Crippen molar-refractivity contribution in [2.24, 2.45) is 5.92 Å². The van der Waals surface area contributed by atoms with E-state index in [2.05, 4.69) is 16.6 Å². The molecule has 2 rings (SSSR count). The molecule has 0 N–H and O–H groups in total. The van der Waals surface area contributed by atoms with Crippen LogP contribution >= 0.6 is 0 Å². The van der Waals surface area contributed by atoms with Crippen LogP contribution in [-0.4, -0.2) is 35.6 Å². The van der Waals surface area contributed by atoms with E-state index in [0.717, 1.165) is 12.8 Å². The number of nitro groups is 1. The summed E-state index contributed by atoms with van der Waals surface area (Å²) in [4.78, 5) is 28.5. The molecule has 0 bridgehead atoms. The van der Waals surface area contributed by atoms with Gasteiger partial charge in [-0.25, -0.2) is 9.78 Å². The van der Waals surface area contributed by atoms with E-state index in [1.54, 1.807) is 0 Å². The van der Waals surface area contributed by atoms with Crippen molar-refractivity contribution in [1.82, 2.24) is 4.98 Å². The van der Waals surface area contributed by atoms with Gasteiger partial charge in [0.15, 0.2) is 5.69 Å². The summed E-state index contributed by atoms with van der Waals surface area (Å²) < 4.78 is 4.64. The molecule has 1 aromatic heterocycles. The van der Waals surface area contributed by atoms with Crippen LogP contribution in [-0.2, 0) is 4.74 Å². The summed E-state index contributed by atoms with van der Waals surface area (Å²) in [5, 5.41) is 11.2. The smallest absolute Gasteiger partial charge is 0.356 e. The minimum absolute atomic E-state index is 0.0800. The first-order chi connectivity index (χ1) is 9.93. The number of anilines is 1. The molecule has 0 saturated carbocycles. The van der Waals surface area contributed by atoms with Gasteiger partial charge >= 0.3 is 11.7 Å². The van der Waals surface area contributed by atoms with E-state index < -0.39 is 10.9 Å². The van der Waals surface area contributed by atoms with Crippen LogP contribution in [0.15, 0.2) is 12.1 Å². The molecule has 1 aliphatic heterocycles. The Morgan fingerprint density at radius 1 is 1.43 bits per heavy atom. The third-order valence-corrected chi connectivity index (χ3v) is 3.84. The molecule has 114 valence electrons. The van der Waals surface area contributed by atoms with Gasteiger partial charge in [0.2, 0.25) is 5.82 Å². The second-order valence-electron chi connectivity index (χ2n) is 5.47. The van der Waals surface area contributed by atoms with Crippen molar-refractivity contribution < 1.29 is 14.5 Å². The number of hydrogen-bond acceptors (Lipinski definition) is 6. The lowest BCUT2D eigenvalue weighted by Gasteiger charge is -2.37. The Morgan fingerprint density at radius 2 is 2.14 bits per heavy atom. The molecule has 0 aliphatic carbocycles. The third kappa shape index (κ3) is 3.12. The quantitative estimate of drug-likeness (QED) is 0.483. The molecule has 7 nitrogen and oxygen atoms in total. The van der Waals surface area contributed by atoms with Crippen molar-refractivity contribution in [2.45, 2.75) is 32.7 Å². The maximum atomic E-state index is 11.6. The predicted molar refractivity (Wildman–Crippen MR) is 77.4 cm³/mol. The number of aromatic nitrogens is 1. The highest BCUT2D eigenvalue weighted by atomic mass is 16.6. The Morgan fingerprint density at radius 3 is 2.76 bits per heavy atom. The summed E-state index contributed by atoms with van der Waals surface area (Å²) in [5.74, 6) is 0.0928. The summed E-state index contributed by atoms with van der Waals surface area (Å²) in [7, 11) is 1.26. The van der Waals surface area contributed by atoms with Gasteiger partial charge in [-0.1, -0.05) is 6.92 Å². The van der Waals surface area contributed by atoms with Crippen molar-refractivity contribution >= 4 is 17.5 Å². The normalized spacial score (nSPS) is 22.0. The summed E-state index contributed by atoms with van der Waals surface area (Å²) in [6.07, 6.45) is 2.03. The third-order valence-electron chi connectivity index (χ3n) is 3.84. The topological polar surface area (TPSA) is 85.6 Å². The maximum absolute atomic E-state index is 11.6. The van der Waals surface area contributed by atoms with E-state index in [1.807, 2.05) is 11.8 Å². The molecule has 1 saturated heterocycles. The Kier molecular flexibility index (Phi) is 4.40. The van der Waals surface area contributed by atoms with Crippen LogP contribution in [0.2, 0.25) is 0 Å². The van der Waals surface area contributed by atoms with Crippen LogP contribution in [0.4, 0.5) is 11.5 Å². The van der Waals surface area contributed by atoms with E-state index in [1.165, 1.54) is 19.2 Å². The summed E-state index contributed by atoms with van der Waals surface area (Å²) >= 11 is 0. The van der Waals surface area contributed by atoms with Crippen molar-refractivity contribution in [3.63, 3.8) is 0 Å². The van der Waals surface area contributed by atoms with E-state index in [0.29, 0.717) is 12.5 Å². The number of ether oxygens (including phenoxy) is 1.